The molecular weight excluding hydrogens is 354 g/mol. The summed E-state index contributed by atoms with van der Waals surface area (Å²) in [6.45, 7) is 0.465. The number of benzene rings is 2. The summed E-state index contributed by atoms with van der Waals surface area (Å²) in [5.41, 5.74) is 0.963. The largest absolute Gasteiger partial charge is 0.481 e. The third-order valence-corrected chi connectivity index (χ3v) is 5.35. The predicted molar refractivity (Wildman–Crippen MR) is 105 cm³/mol. The van der Waals surface area contributed by atoms with Gasteiger partial charge >= 0.3 is 5.97 Å². The van der Waals surface area contributed by atoms with Crippen LogP contribution in [-0.2, 0) is 9.59 Å². The van der Waals surface area contributed by atoms with Gasteiger partial charge in [-0.2, -0.15) is 0 Å². The Morgan fingerprint density at radius 2 is 1.92 bits per heavy atom. The molecule has 1 N–H and O–H groups in total. The van der Waals surface area contributed by atoms with E-state index in [4.69, 9.17) is 17.3 Å². The zero-order chi connectivity index (χ0) is 17.8. The van der Waals surface area contributed by atoms with Gasteiger partial charge in [-0.05, 0) is 41.3 Å². The Balaban J connectivity index is 1.71. The van der Waals surface area contributed by atoms with Crippen LogP contribution in [0.25, 0.3) is 16.8 Å². The van der Waals surface area contributed by atoms with Crippen molar-refractivity contribution < 1.29 is 14.7 Å². The SMILES string of the molecule is O=C(O)CCCCN1C(=O)/C(=C\c2ccc3ccccc3c2)SC1=S. The highest BCUT2D eigenvalue weighted by molar-refractivity contribution is 8.26. The summed E-state index contributed by atoms with van der Waals surface area (Å²) in [7, 11) is 0. The van der Waals surface area contributed by atoms with E-state index in [1.54, 1.807) is 4.90 Å². The maximum absolute atomic E-state index is 12.5. The number of nitrogens with zero attached hydrogens (tertiary/aromatic N) is 1. The van der Waals surface area contributed by atoms with Gasteiger partial charge in [-0.3, -0.25) is 14.5 Å². The lowest BCUT2D eigenvalue weighted by Gasteiger charge is -2.13. The molecule has 1 amide bonds. The number of carboxylic acid groups (broad SMARTS) is 1. The minimum atomic E-state index is -0.818. The second-order valence-electron chi connectivity index (χ2n) is 5.79. The number of hydrogen-bond donors (Lipinski definition) is 1. The first-order valence-corrected chi connectivity index (χ1v) is 9.23. The summed E-state index contributed by atoms with van der Waals surface area (Å²) in [5.74, 6) is -0.917. The summed E-state index contributed by atoms with van der Waals surface area (Å²) >= 11 is 6.60. The van der Waals surface area contributed by atoms with Crippen molar-refractivity contribution >= 4 is 57.0 Å². The number of unbranched alkanes of at least 4 members (excludes halogenated alkanes) is 1. The van der Waals surface area contributed by atoms with Gasteiger partial charge in [0, 0.05) is 13.0 Å². The van der Waals surface area contributed by atoms with E-state index in [-0.39, 0.29) is 12.3 Å². The maximum Gasteiger partial charge on any atom is 0.303 e. The molecule has 2 aromatic carbocycles. The van der Waals surface area contributed by atoms with Gasteiger partial charge in [-0.25, -0.2) is 0 Å². The van der Waals surface area contributed by atoms with E-state index in [0.717, 1.165) is 16.3 Å². The molecule has 25 heavy (non-hydrogen) atoms. The number of aliphatic carboxylic acids is 1. The molecule has 0 saturated carbocycles. The van der Waals surface area contributed by atoms with Gasteiger partial charge in [-0.1, -0.05) is 60.4 Å². The Morgan fingerprint density at radius 1 is 1.16 bits per heavy atom. The molecule has 2 aromatic rings. The number of rotatable bonds is 6. The lowest BCUT2D eigenvalue weighted by molar-refractivity contribution is -0.137. The van der Waals surface area contributed by atoms with Crippen LogP contribution >= 0.6 is 24.0 Å². The van der Waals surface area contributed by atoms with Crippen LogP contribution in [0.1, 0.15) is 24.8 Å². The fraction of sp³-hybridized carbons (Fsp3) is 0.211. The van der Waals surface area contributed by atoms with Crippen LogP contribution in [0.4, 0.5) is 0 Å². The van der Waals surface area contributed by atoms with E-state index in [0.29, 0.717) is 28.6 Å². The maximum atomic E-state index is 12.5. The number of fused-ring (bicyclic) bond motifs is 1. The van der Waals surface area contributed by atoms with Crippen LogP contribution in [0, 0.1) is 0 Å². The number of amides is 1. The van der Waals surface area contributed by atoms with Crippen LogP contribution in [0.2, 0.25) is 0 Å². The molecule has 6 heteroatoms. The number of carbonyl (C=O) groups excluding carboxylic acids is 1. The molecule has 1 saturated heterocycles. The Kier molecular flexibility index (Phi) is 5.50. The van der Waals surface area contributed by atoms with Gasteiger partial charge in [0.25, 0.3) is 5.91 Å². The molecule has 4 nitrogen and oxygen atoms in total. The summed E-state index contributed by atoms with van der Waals surface area (Å²) in [5, 5.41) is 11.0. The number of thiocarbonyl (C=S) groups is 1. The lowest BCUT2D eigenvalue weighted by atomic mass is 10.1. The minimum absolute atomic E-state index is 0.0986. The average Bonchev–Trinajstić information content (AvgIpc) is 2.85. The van der Waals surface area contributed by atoms with Crippen molar-refractivity contribution in [2.24, 2.45) is 0 Å². The number of thioether (sulfide) groups is 1. The predicted octanol–water partition coefficient (Wildman–Crippen LogP) is 4.30. The molecule has 0 atom stereocenters. The number of hydrogen-bond acceptors (Lipinski definition) is 4. The van der Waals surface area contributed by atoms with Gasteiger partial charge in [0.05, 0.1) is 4.91 Å². The first-order valence-electron chi connectivity index (χ1n) is 8.00. The molecular formula is C19H17NO3S2. The van der Waals surface area contributed by atoms with E-state index in [9.17, 15) is 9.59 Å². The van der Waals surface area contributed by atoms with E-state index in [1.807, 2.05) is 36.4 Å². The molecule has 0 bridgehead atoms. The van der Waals surface area contributed by atoms with Crippen molar-refractivity contribution in [3.8, 4) is 0 Å². The van der Waals surface area contributed by atoms with Gasteiger partial charge in [0.2, 0.25) is 0 Å². The Bertz CT molecular complexity index is 876. The molecule has 128 valence electrons. The highest BCUT2D eigenvalue weighted by Crippen LogP contribution is 2.33. The molecule has 1 aliphatic rings. The fourth-order valence-electron chi connectivity index (χ4n) is 2.69. The molecule has 1 aliphatic heterocycles. The van der Waals surface area contributed by atoms with Crippen molar-refractivity contribution in [3.05, 3.63) is 52.9 Å². The quantitative estimate of drug-likeness (QED) is 0.466. The van der Waals surface area contributed by atoms with Crippen molar-refractivity contribution in [2.75, 3.05) is 6.54 Å². The Morgan fingerprint density at radius 3 is 2.68 bits per heavy atom. The summed E-state index contributed by atoms with van der Waals surface area (Å²) in [6, 6.07) is 14.2. The molecule has 1 heterocycles. The van der Waals surface area contributed by atoms with Crippen LogP contribution < -0.4 is 0 Å². The topological polar surface area (TPSA) is 57.6 Å². The van der Waals surface area contributed by atoms with E-state index < -0.39 is 5.97 Å². The zero-order valence-electron chi connectivity index (χ0n) is 13.5. The van der Waals surface area contributed by atoms with Crippen LogP contribution in [0.15, 0.2) is 47.4 Å². The van der Waals surface area contributed by atoms with Crippen LogP contribution in [0.5, 0.6) is 0 Å². The highest BCUT2D eigenvalue weighted by Gasteiger charge is 2.31. The first-order chi connectivity index (χ1) is 12.0. The molecule has 0 unspecified atom stereocenters. The monoisotopic (exact) mass is 371 g/mol. The summed E-state index contributed by atoms with van der Waals surface area (Å²) < 4.78 is 0.535. The smallest absolute Gasteiger partial charge is 0.303 e. The number of carbonyl (C=O) groups is 2. The van der Waals surface area contributed by atoms with E-state index in [2.05, 4.69) is 12.1 Å². The molecule has 0 radical (unpaired) electrons. The molecule has 0 spiro atoms. The lowest BCUT2D eigenvalue weighted by Crippen LogP contribution is -2.29. The molecule has 1 fully saturated rings. The molecule has 0 aliphatic carbocycles. The summed E-state index contributed by atoms with van der Waals surface area (Å²) in [6.07, 6.45) is 3.14. The minimum Gasteiger partial charge on any atom is -0.481 e. The normalized spacial score (nSPS) is 16.2. The molecule has 3 rings (SSSR count). The van der Waals surface area contributed by atoms with Crippen molar-refractivity contribution in [2.45, 2.75) is 19.3 Å². The van der Waals surface area contributed by atoms with Crippen LogP contribution in [-0.4, -0.2) is 32.7 Å². The van der Waals surface area contributed by atoms with Crippen LogP contribution in [0.3, 0.4) is 0 Å². The second kappa shape index (κ2) is 7.80. The van der Waals surface area contributed by atoms with Crippen molar-refractivity contribution in [3.63, 3.8) is 0 Å². The Hall–Kier alpha value is -2.18. The van der Waals surface area contributed by atoms with Crippen molar-refractivity contribution in [1.29, 1.82) is 0 Å². The third-order valence-electron chi connectivity index (χ3n) is 3.97. The van der Waals surface area contributed by atoms with Gasteiger partial charge in [0.15, 0.2) is 0 Å². The fourth-order valence-corrected chi connectivity index (χ4v) is 4.00. The average molecular weight is 371 g/mol. The van der Waals surface area contributed by atoms with Gasteiger partial charge in [0.1, 0.15) is 4.32 Å². The zero-order valence-corrected chi connectivity index (χ0v) is 15.1. The van der Waals surface area contributed by atoms with Crippen molar-refractivity contribution in [1.82, 2.24) is 4.90 Å². The highest BCUT2D eigenvalue weighted by atomic mass is 32.2. The van der Waals surface area contributed by atoms with Gasteiger partial charge in [-0.15, -0.1) is 0 Å². The first kappa shape index (κ1) is 17.6. The standard InChI is InChI=1S/C19H17NO3S2/c21-17(22)7-3-4-10-20-18(23)16(25-19(20)24)12-13-8-9-14-5-1-2-6-15(14)11-13/h1-2,5-6,8-9,11-12H,3-4,7,10H2,(H,21,22)/b16-12+. The third kappa shape index (κ3) is 4.27. The second-order valence-corrected chi connectivity index (χ2v) is 7.47. The molecule has 0 aromatic heterocycles. The van der Waals surface area contributed by atoms with E-state index >= 15 is 0 Å². The van der Waals surface area contributed by atoms with E-state index in [1.165, 1.54) is 11.8 Å². The summed E-state index contributed by atoms with van der Waals surface area (Å²) in [4.78, 5) is 25.3. The number of carboxylic acids is 1. The van der Waals surface area contributed by atoms with Gasteiger partial charge < -0.3 is 5.11 Å². The Labute approximate surface area is 155 Å².